The lowest BCUT2D eigenvalue weighted by Crippen LogP contribution is -2.19. The highest BCUT2D eigenvalue weighted by atomic mass is 79.9. The van der Waals surface area contributed by atoms with Crippen LogP contribution >= 0.6 is 15.9 Å². The van der Waals surface area contributed by atoms with Crippen molar-refractivity contribution in [1.29, 1.82) is 0 Å². The Morgan fingerprint density at radius 3 is 2.29 bits per heavy atom. The van der Waals surface area contributed by atoms with Gasteiger partial charge in [0, 0.05) is 10.2 Å². The molecule has 2 amide bonds. The van der Waals surface area contributed by atoms with Crippen LogP contribution in [0.15, 0.2) is 53.0 Å². The maximum atomic E-state index is 11.9. The normalized spacial score (nSPS) is 9.95. The third kappa shape index (κ3) is 4.61. The van der Waals surface area contributed by atoms with E-state index in [1.807, 2.05) is 18.2 Å². The van der Waals surface area contributed by atoms with Crippen molar-refractivity contribution in [2.24, 2.45) is 0 Å². The molecule has 21 heavy (non-hydrogen) atoms. The van der Waals surface area contributed by atoms with Crippen LogP contribution in [0, 0.1) is 0 Å². The van der Waals surface area contributed by atoms with Crippen LogP contribution < -0.4 is 10.6 Å². The van der Waals surface area contributed by atoms with E-state index in [1.54, 1.807) is 30.3 Å². The first-order valence-corrected chi connectivity index (χ1v) is 6.97. The molecule has 6 heteroatoms. The number of anilines is 2. The summed E-state index contributed by atoms with van der Waals surface area (Å²) < 4.78 is 0.789. The van der Waals surface area contributed by atoms with E-state index in [1.165, 1.54) is 0 Å². The van der Waals surface area contributed by atoms with Crippen molar-refractivity contribution >= 4 is 39.3 Å². The molecule has 0 saturated heterocycles. The molecule has 0 aliphatic carbocycles. The van der Waals surface area contributed by atoms with Gasteiger partial charge in [0.05, 0.1) is 12.1 Å². The topological polar surface area (TPSA) is 78.4 Å². The fourth-order valence-electron chi connectivity index (χ4n) is 1.73. The van der Waals surface area contributed by atoms with Gasteiger partial charge in [-0.05, 0) is 45.8 Å². The lowest BCUT2D eigenvalue weighted by Gasteiger charge is -2.09. The van der Waals surface area contributed by atoms with E-state index in [4.69, 9.17) is 5.11 Å². The molecule has 2 rings (SSSR count). The first kappa shape index (κ1) is 15.1. The number of amides is 2. The molecule has 0 aromatic heterocycles. The number of carboxylic acid groups (broad SMARTS) is 1. The first-order valence-electron chi connectivity index (χ1n) is 6.18. The number of hydrogen-bond donors (Lipinski definition) is 3. The zero-order chi connectivity index (χ0) is 15.2. The van der Waals surface area contributed by atoms with Crippen LogP contribution in [0.1, 0.15) is 5.56 Å². The molecular formula is C15H13BrN2O3. The molecule has 0 aliphatic rings. The maximum Gasteiger partial charge on any atom is 0.323 e. The number of urea groups is 1. The Morgan fingerprint density at radius 2 is 1.67 bits per heavy atom. The smallest absolute Gasteiger partial charge is 0.323 e. The van der Waals surface area contributed by atoms with E-state index in [-0.39, 0.29) is 12.5 Å². The van der Waals surface area contributed by atoms with Gasteiger partial charge in [-0.25, -0.2) is 4.79 Å². The number of nitrogens with one attached hydrogen (secondary N) is 2. The number of aliphatic carboxylic acids is 1. The number of benzene rings is 2. The summed E-state index contributed by atoms with van der Waals surface area (Å²) in [4.78, 5) is 22.4. The lowest BCUT2D eigenvalue weighted by molar-refractivity contribution is -0.136. The molecule has 3 N–H and O–H groups in total. The molecular weight excluding hydrogens is 336 g/mol. The van der Waals surface area contributed by atoms with Gasteiger partial charge in [0.25, 0.3) is 0 Å². The van der Waals surface area contributed by atoms with E-state index in [0.717, 1.165) is 4.47 Å². The van der Waals surface area contributed by atoms with Crippen LogP contribution in [-0.4, -0.2) is 17.1 Å². The van der Waals surface area contributed by atoms with Crippen molar-refractivity contribution in [3.05, 3.63) is 58.6 Å². The summed E-state index contributed by atoms with van der Waals surface area (Å²) in [6.45, 7) is 0. The Kier molecular flexibility index (Phi) is 4.94. The fraction of sp³-hybridized carbons (Fsp3) is 0.0667. The summed E-state index contributed by atoms with van der Waals surface area (Å²) in [5.41, 5.74) is 1.94. The van der Waals surface area contributed by atoms with Crippen molar-refractivity contribution in [2.45, 2.75) is 6.42 Å². The summed E-state index contributed by atoms with van der Waals surface area (Å²) in [6.07, 6.45) is -0.0383. The van der Waals surface area contributed by atoms with Gasteiger partial charge >= 0.3 is 12.0 Å². The second-order valence-corrected chi connectivity index (χ2v) is 5.18. The molecule has 0 bridgehead atoms. The van der Waals surface area contributed by atoms with Gasteiger partial charge in [-0.1, -0.05) is 24.3 Å². The average Bonchev–Trinajstić information content (AvgIpc) is 2.43. The molecule has 5 nitrogen and oxygen atoms in total. The molecule has 0 atom stereocenters. The Morgan fingerprint density at radius 1 is 1.00 bits per heavy atom. The zero-order valence-electron chi connectivity index (χ0n) is 11.0. The molecule has 0 radical (unpaired) electrons. The highest BCUT2D eigenvalue weighted by Crippen LogP contribution is 2.21. The zero-order valence-corrected chi connectivity index (χ0v) is 12.6. The third-order valence-electron chi connectivity index (χ3n) is 2.69. The van der Waals surface area contributed by atoms with Crippen LogP contribution in [0.4, 0.5) is 16.2 Å². The van der Waals surface area contributed by atoms with E-state index >= 15 is 0 Å². The van der Waals surface area contributed by atoms with Gasteiger partial charge in [-0.2, -0.15) is 0 Å². The lowest BCUT2D eigenvalue weighted by atomic mass is 10.1. The molecule has 0 saturated carbocycles. The van der Waals surface area contributed by atoms with Crippen molar-refractivity contribution in [2.75, 3.05) is 10.6 Å². The summed E-state index contributed by atoms with van der Waals surface area (Å²) in [6, 6.07) is 13.6. The van der Waals surface area contributed by atoms with Gasteiger partial charge in [0.15, 0.2) is 0 Å². The van der Waals surface area contributed by atoms with Crippen LogP contribution in [0.5, 0.6) is 0 Å². The number of carbonyl (C=O) groups is 2. The first-order chi connectivity index (χ1) is 10.0. The predicted octanol–water partition coefficient (Wildman–Crippen LogP) is 3.72. The van der Waals surface area contributed by atoms with Gasteiger partial charge in [0.2, 0.25) is 0 Å². The average molecular weight is 349 g/mol. The van der Waals surface area contributed by atoms with E-state index in [0.29, 0.717) is 16.9 Å². The Bertz CT molecular complexity index is 656. The predicted molar refractivity (Wildman–Crippen MR) is 84.6 cm³/mol. The van der Waals surface area contributed by atoms with Crippen molar-refractivity contribution in [1.82, 2.24) is 0 Å². The number of rotatable bonds is 4. The Labute approximate surface area is 130 Å². The summed E-state index contributed by atoms with van der Waals surface area (Å²) in [5, 5.41) is 14.1. The molecule has 2 aromatic rings. The Balaban J connectivity index is 1.96. The van der Waals surface area contributed by atoms with Crippen LogP contribution in [0.25, 0.3) is 0 Å². The van der Waals surface area contributed by atoms with Gasteiger partial charge in [0.1, 0.15) is 0 Å². The largest absolute Gasteiger partial charge is 0.481 e. The van der Waals surface area contributed by atoms with E-state index < -0.39 is 5.97 Å². The standard InChI is InChI=1S/C15H13BrN2O3/c16-12-3-1-2-4-13(12)18-15(21)17-11-7-5-10(6-8-11)9-14(19)20/h1-8H,9H2,(H,19,20)(H2,17,18,21). The highest BCUT2D eigenvalue weighted by molar-refractivity contribution is 9.10. The van der Waals surface area contributed by atoms with Crippen LogP contribution in [-0.2, 0) is 11.2 Å². The molecule has 0 unspecified atom stereocenters. The second kappa shape index (κ2) is 6.90. The minimum absolute atomic E-state index is 0.0383. The number of para-hydroxylation sites is 1. The summed E-state index contributed by atoms with van der Waals surface area (Å²) >= 11 is 3.34. The number of hydrogen-bond acceptors (Lipinski definition) is 2. The molecule has 2 aromatic carbocycles. The van der Waals surface area contributed by atoms with Gasteiger partial charge in [-0.3, -0.25) is 4.79 Å². The van der Waals surface area contributed by atoms with Crippen molar-refractivity contribution in [3.8, 4) is 0 Å². The van der Waals surface area contributed by atoms with E-state index in [9.17, 15) is 9.59 Å². The molecule has 0 fully saturated rings. The molecule has 0 aliphatic heterocycles. The Hall–Kier alpha value is -2.34. The SMILES string of the molecule is O=C(O)Cc1ccc(NC(=O)Nc2ccccc2Br)cc1. The molecule has 0 spiro atoms. The number of carboxylic acids is 1. The highest BCUT2D eigenvalue weighted by Gasteiger charge is 2.06. The van der Waals surface area contributed by atoms with Crippen LogP contribution in [0.3, 0.4) is 0 Å². The second-order valence-electron chi connectivity index (χ2n) is 4.33. The fourth-order valence-corrected chi connectivity index (χ4v) is 2.11. The molecule has 0 heterocycles. The summed E-state index contributed by atoms with van der Waals surface area (Å²) in [5.74, 6) is -0.887. The third-order valence-corrected chi connectivity index (χ3v) is 3.38. The van der Waals surface area contributed by atoms with Crippen molar-refractivity contribution in [3.63, 3.8) is 0 Å². The number of halogens is 1. The van der Waals surface area contributed by atoms with Crippen LogP contribution in [0.2, 0.25) is 0 Å². The van der Waals surface area contributed by atoms with E-state index in [2.05, 4.69) is 26.6 Å². The molecule has 108 valence electrons. The maximum absolute atomic E-state index is 11.9. The summed E-state index contributed by atoms with van der Waals surface area (Å²) in [7, 11) is 0. The minimum atomic E-state index is -0.887. The number of carbonyl (C=O) groups excluding carboxylic acids is 1. The minimum Gasteiger partial charge on any atom is -0.481 e. The van der Waals surface area contributed by atoms with Gasteiger partial charge < -0.3 is 15.7 Å². The van der Waals surface area contributed by atoms with Crippen molar-refractivity contribution < 1.29 is 14.7 Å². The quantitative estimate of drug-likeness (QED) is 0.787. The van der Waals surface area contributed by atoms with Gasteiger partial charge in [-0.15, -0.1) is 0 Å². The monoisotopic (exact) mass is 348 g/mol.